The van der Waals surface area contributed by atoms with Crippen molar-refractivity contribution in [3.05, 3.63) is 39.1 Å². The Morgan fingerprint density at radius 2 is 1.90 bits per heavy atom. The van der Waals surface area contributed by atoms with Crippen molar-refractivity contribution in [1.29, 1.82) is 10.7 Å². The van der Waals surface area contributed by atoms with Gasteiger partial charge in [0.25, 0.3) is 10.0 Å². The molecule has 3 aliphatic rings. The Morgan fingerprint density at radius 1 is 1.23 bits per heavy atom. The smallest absolute Gasteiger partial charge is 0.333 e. The molecule has 30 heavy (non-hydrogen) atoms. The summed E-state index contributed by atoms with van der Waals surface area (Å²) >= 11 is 0. The summed E-state index contributed by atoms with van der Waals surface area (Å²) in [6.07, 6.45) is 6.30. The van der Waals surface area contributed by atoms with Crippen LogP contribution in [0.4, 0.5) is 10.5 Å². The quantitative estimate of drug-likeness (QED) is 0.536. The lowest BCUT2D eigenvalue weighted by atomic mass is 9.99. The zero-order valence-corrected chi connectivity index (χ0v) is 17.2. The summed E-state index contributed by atoms with van der Waals surface area (Å²) in [4.78, 5) is 12.1. The highest BCUT2D eigenvalue weighted by atomic mass is 32.2. The van der Waals surface area contributed by atoms with E-state index in [0.29, 0.717) is 6.21 Å². The van der Waals surface area contributed by atoms with Crippen LogP contribution in [0, 0.1) is 22.7 Å². The summed E-state index contributed by atoms with van der Waals surface area (Å²) in [5.41, 5.74) is 5.37. The number of hydrogen-bond donors (Lipinski definition) is 4. The largest absolute Gasteiger partial charge is 0.477 e. The number of nitrogens with zero attached hydrogens (tertiary/aromatic N) is 1. The van der Waals surface area contributed by atoms with E-state index < -0.39 is 26.9 Å². The van der Waals surface area contributed by atoms with Crippen molar-refractivity contribution in [2.45, 2.75) is 38.5 Å². The summed E-state index contributed by atoms with van der Waals surface area (Å²) < 4.78 is 32.7. The fourth-order valence-electron chi connectivity index (χ4n) is 4.30. The second-order valence-corrected chi connectivity index (χ2v) is 9.30. The first-order chi connectivity index (χ1) is 14.4. The summed E-state index contributed by atoms with van der Waals surface area (Å²) in [6.45, 7) is 0.216. The number of hydrogen-bond acceptors (Lipinski definition) is 7. The Hall–Kier alpha value is -3.06. The predicted octanol–water partition coefficient (Wildman–Crippen LogP) is 1.69. The molecule has 1 heterocycles. The highest BCUT2D eigenvalue weighted by Crippen LogP contribution is 2.38. The molecule has 1 aromatic rings. The van der Waals surface area contributed by atoms with Crippen LogP contribution in [0.1, 0.15) is 35.1 Å². The Bertz CT molecular complexity index is 1050. The molecule has 2 aliphatic carbocycles. The topological polar surface area (TPSA) is 144 Å². The van der Waals surface area contributed by atoms with Gasteiger partial charge in [-0.05, 0) is 60.8 Å². The van der Waals surface area contributed by atoms with Crippen LogP contribution in [0.15, 0.2) is 16.9 Å². The van der Waals surface area contributed by atoms with Crippen molar-refractivity contribution in [2.75, 3.05) is 18.5 Å². The lowest BCUT2D eigenvalue weighted by molar-refractivity contribution is 0.131. The molecule has 0 saturated carbocycles. The third-order valence-corrected chi connectivity index (χ3v) is 7.04. The molecule has 1 fully saturated rings. The predicted molar refractivity (Wildman–Crippen MR) is 110 cm³/mol. The highest BCUT2D eigenvalue weighted by molar-refractivity contribution is 7.94. The molecule has 10 heteroatoms. The van der Waals surface area contributed by atoms with Gasteiger partial charge in [0.1, 0.15) is 6.61 Å². The maximum atomic E-state index is 12.7. The first-order valence-electron chi connectivity index (χ1n) is 9.94. The molecule has 1 saturated heterocycles. The van der Waals surface area contributed by atoms with Crippen molar-refractivity contribution in [1.82, 2.24) is 10.0 Å². The SMILES string of the molecule is N#CC1CN/C(=C(\C=N)S(=O)(=O)NC(=O)Nc2c3c(cc4c2CCC4)CCC3)OC1. The summed E-state index contributed by atoms with van der Waals surface area (Å²) in [5, 5.41) is 21.9. The van der Waals surface area contributed by atoms with Crippen molar-refractivity contribution >= 4 is 28.0 Å². The van der Waals surface area contributed by atoms with Gasteiger partial charge in [-0.3, -0.25) is 0 Å². The number of carbonyl (C=O) groups is 1. The molecule has 4 rings (SSSR count). The Kier molecular flexibility index (Phi) is 5.39. The van der Waals surface area contributed by atoms with Gasteiger partial charge in [-0.2, -0.15) is 5.26 Å². The molecule has 4 N–H and O–H groups in total. The van der Waals surface area contributed by atoms with Crippen LogP contribution in [-0.2, 0) is 40.4 Å². The maximum Gasteiger partial charge on any atom is 0.333 e. The number of rotatable bonds is 4. The van der Waals surface area contributed by atoms with E-state index in [-0.39, 0.29) is 19.0 Å². The number of nitrogens with one attached hydrogen (secondary N) is 4. The van der Waals surface area contributed by atoms with Crippen molar-refractivity contribution < 1.29 is 17.9 Å². The van der Waals surface area contributed by atoms with E-state index in [1.54, 1.807) is 0 Å². The van der Waals surface area contributed by atoms with E-state index >= 15 is 0 Å². The molecule has 158 valence electrons. The molecule has 0 bridgehead atoms. The Labute approximate surface area is 175 Å². The zero-order chi connectivity index (χ0) is 21.3. The average molecular weight is 430 g/mol. The molecule has 0 radical (unpaired) electrons. The van der Waals surface area contributed by atoms with Crippen LogP contribution in [0.25, 0.3) is 0 Å². The normalized spacial score (nSPS) is 21.4. The monoisotopic (exact) mass is 429 g/mol. The van der Waals surface area contributed by atoms with Crippen molar-refractivity contribution in [2.24, 2.45) is 5.92 Å². The second kappa shape index (κ2) is 7.99. The number of carbonyl (C=O) groups excluding carboxylic acids is 1. The number of allylic oxidation sites excluding steroid dienone is 1. The maximum absolute atomic E-state index is 12.7. The minimum absolute atomic E-state index is 0.0141. The molecular weight excluding hydrogens is 406 g/mol. The standard InChI is InChI=1S/C20H23N5O4S/c21-8-12-10-23-19(29-11-12)17(9-22)30(27,28)25-20(26)24-18-15-5-1-3-13(15)7-14-4-2-6-16(14)18/h7,9,12,22-23H,1-6,10-11H2,(H2,24,25,26)/b19-17-,22-9?. The first-order valence-corrected chi connectivity index (χ1v) is 11.4. The minimum Gasteiger partial charge on any atom is -0.477 e. The number of anilines is 1. The van der Waals surface area contributed by atoms with E-state index in [1.807, 2.05) is 10.8 Å². The van der Waals surface area contributed by atoms with Crippen molar-refractivity contribution in [3.8, 4) is 6.07 Å². The fourth-order valence-corrected chi connectivity index (χ4v) is 5.23. The molecule has 1 unspecified atom stereocenters. The molecule has 1 aliphatic heterocycles. The number of benzene rings is 1. The lowest BCUT2D eigenvalue weighted by Gasteiger charge is -2.23. The van der Waals surface area contributed by atoms with Crippen LogP contribution in [0.3, 0.4) is 0 Å². The van der Waals surface area contributed by atoms with E-state index in [0.717, 1.165) is 55.3 Å². The lowest BCUT2D eigenvalue weighted by Crippen LogP contribution is -2.39. The van der Waals surface area contributed by atoms with Crippen LogP contribution >= 0.6 is 0 Å². The van der Waals surface area contributed by atoms with Crippen LogP contribution in [0.5, 0.6) is 0 Å². The third-order valence-electron chi connectivity index (χ3n) is 5.70. The number of ether oxygens (including phenoxy) is 1. The Balaban J connectivity index is 1.55. The molecule has 2 amide bonds. The number of fused-ring (bicyclic) bond motifs is 2. The van der Waals surface area contributed by atoms with Gasteiger partial charge in [0, 0.05) is 18.4 Å². The van der Waals surface area contributed by atoms with Gasteiger partial charge < -0.3 is 20.8 Å². The summed E-state index contributed by atoms with van der Waals surface area (Å²) in [7, 11) is -4.34. The first kappa shape index (κ1) is 20.2. The second-order valence-electron chi connectivity index (χ2n) is 7.65. The van der Waals surface area contributed by atoms with Crippen molar-refractivity contribution in [3.63, 3.8) is 0 Å². The van der Waals surface area contributed by atoms with Gasteiger partial charge in [0.05, 0.1) is 12.0 Å². The third kappa shape index (κ3) is 3.73. The number of urea groups is 1. The minimum atomic E-state index is -4.34. The number of aryl methyl sites for hydroxylation is 2. The van der Waals surface area contributed by atoms with Gasteiger partial charge in [-0.1, -0.05) is 6.07 Å². The summed E-state index contributed by atoms with van der Waals surface area (Å²) in [6, 6.07) is 3.38. The number of sulfonamides is 1. The molecule has 0 aromatic heterocycles. The molecule has 0 spiro atoms. The van der Waals surface area contributed by atoms with E-state index in [4.69, 9.17) is 15.4 Å². The van der Waals surface area contributed by atoms with Gasteiger partial charge in [-0.25, -0.2) is 17.9 Å². The van der Waals surface area contributed by atoms with Gasteiger partial charge >= 0.3 is 6.03 Å². The average Bonchev–Trinajstić information content (AvgIpc) is 3.37. The van der Waals surface area contributed by atoms with Gasteiger partial charge in [0.15, 0.2) is 4.91 Å². The van der Waals surface area contributed by atoms with E-state index in [9.17, 15) is 13.2 Å². The Morgan fingerprint density at radius 3 is 2.43 bits per heavy atom. The fraction of sp³-hybridized carbons (Fsp3) is 0.450. The van der Waals surface area contributed by atoms with Gasteiger partial charge in [-0.15, -0.1) is 0 Å². The number of nitriles is 1. The molecule has 9 nitrogen and oxygen atoms in total. The zero-order valence-electron chi connectivity index (χ0n) is 16.4. The molecule has 1 atom stereocenters. The number of amides is 2. The van der Waals surface area contributed by atoms with Crippen LogP contribution in [-0.4, -0.2) is 33.8 Å². The highest BCUT2D eigenvalue weighted by Gasteiger charge is 2.29. The van der Waals surface area contributed by atoms with E-state index in [1.165, 1.54) is 11.1 Å². The molecule has 1 aromatic carbocycles. The van der Waals surface area contributed by atoms with E-state index in [2.05, 4.69) is 16.7 Å². The van der Waals surface area contributed by atoms with Gasteiger partial charge in [0.2, 0.25) is 5.88 Å². The summed E-state index contributed by atoms with van der Waals surface area (Å²) in [5.74, 6) is -0.555. The van der Waals surface area contributed by atoms with Crippen LogP contribution < -0.4 is 15.4 Å². The molecular formula is C20H23N5O4S. The van der Waals surface area contributed by atoms with Crippen LogP contribution in [0.2, 0.25) is 0 Å².